The predicted octanol–water partition coefficient (Wildman–Crippen LogP) is 4.39. The van der Waals surface area contributed by atoms with Crippen molar-refractivity contribution in [3.8, 4) is 5.75 Å². The number of hydrogen-bond acceptors (Lipinski definition) is 3. The van der Waals surface area contributed by atoms with Crippen LogP contribution in [0.25, 0.3) is 0 Å². The monoisotopic (exact) mass is 339 g/mol. The standard InChI is InChI=1S/C15H18BrNOS/c1-4-10-7-8-19-15(10)14(17-2)12-9-11(16)5-6-13(12)18-3/h5-9,14,17H,4H2,1-3H3. The fraction of sp³-hybridized carbons (Fsp3) is 0.333. The Labute approximate surface area is 126 Å². The Kier molecular flexibility index (Phi) is 5.02. The second-order valence-electron chi connectivity index (χ2n) is 4.27. The number of benzene rings is 1. The number of rotatable bonds is 5. The highest BCUT2D eigenvalue weighted by molar-refractivity contribution is 9.10. The van der Waals surface area contributed by atoms with E-state index in [2.05, 4.69) is 45.7 Å². The molecule has 0 bridgehead atoms. The van der Waals surface area contributed by atoms with E-state index in [0.717, 1.165) is 22.2 Å². The number of thiophene rings is 1. The lowest BCUT2D eigenvalue weighted by Crippen LogP contribution is -2.18. The lowest BCUT2D eigenvalue weighted by Gasteiger charge is -2.20. The van der Waals surface area contributed by atoms with Gasteiger partial charge in [0.1, 0.15) is 5.75 Å². The van der Waals surface area contributed by atoms with E-state index in [4.69, 9.17) is 4.74 Å². The first kappa shape index (κ1) is 14.6. The minimum absolute atomic E-state index is 0.169. The zero-order chi connectivity index (χ0) is 13.8. The molecule has 0 saturated carbocycles. The second-order valence-corrected chi connectivity index (χ2v) is 6.13. The van der Waals surface area contributed by atoms with Crippen molar-refractivity contribution < 1.29 is 4.74 Å². The largest absolute Gasteiger partial charge is 0.496 e. The summed E-state index contributed by atoms with van der Waals surface area (Å²) in [4.78, 5) is 1.36. The first-order chi connectivity index (χ1) is 9.21. The number of methoxy groups -OCH3 is 1. The maximum atomic E-state index is 5.50. The number of aryl methyl sites for hydroxylation is 1. The molecule has 2 rings (SSSR count). The molecule has 102 valence electrons. The van der Waals surface area contributed by atoms with Crippen molar-refractivity contribution in [1.29, 1.82) is 0 Å². The van der Waals surface area contributed by atoms with Gasteiger partial charge >= 0.3 is 0 Å². The summed E-state index contributed by atoms with van der Waals surface area (Å²) in [7, 11) is 3.71. The van der Waals surface area contributed by atoms with E-state index < -0.39 is 0 Å². The molecule has 1 heterocycles. The summed E-state index contributed by atoms with van der Waals surface area (Å²) in [5.41, 5.74) is 2.56. The molecule has 19 heavy (non-hydrogen) atoms. The van der Waals surface area contributed by atoms with Crippen molar-refractivity contribution in [2.75, 3.05) is 14.2 Å². The summed E-state index contributed by atoms with van der Waals surface area (Å²) in [5.74, 6) is 0.915. The lowest BCUT2D eigenvalue weighted by atomic mass is 10.0. The van der Waals surface area contributed by atoms with Gasteiger partial charge in [0.25, 0.3) is 0 Å². The molecule has 1 unspecified atom stereocenters. The van der Waals surface area contributed by atoms with E-state index in [-0.39, 0.29) is 6.04 Å². The summed E-state index contributed by atoms with van der Waals surface area (Å²) in [6, 6.07) is 8.50. The third-order valence-corrected chi connectivity index (χ3v) is 4.73. The summed E-state index contributed by atoms with van der Waals surface area (Å²) in [6.45, 7) is 2.19. The average molecular weight is 340 g/mol. The van der Waals surface area contributed by atoms with Crippen LogP contribution in [0.5, 0.6) is 5.75 Å². The van der Waals surface area contributed by atoms with E-state index >= 15 is 0 Å². The molecule has 0 aliphatic carbocycles. The second kappa shape index (κ2) is 6.55. The number of nitrogens with one attached hydrogen (secondary N) is 1. The molecular weight excluding hydrogens is 322 g/mol. The molecule has 2 nitrogen and oxygen atoms in total. The first-order valence-electron chi connectivity index (χ1n) is 6.28. The van der Waals surface area contributed by atoms with Crippen molar-refractivity contribution in [3.05, 3.63) is 50.1 Å². The molecule has 1 aromatic carbocycles. The normalized spacial score (nSPS) is 12.4. The van der Waals surface area contributed by atoms with Gasteiger partial charge in [0.15, 0.2) is 0 Å². The molecule has 0 aliphatic heterocycles. The molecule has 0 radical (unpaired) electrons. The van der Waals surface area contributed by atoms with Crippen LogP contribution in [0, 0.1) is 0 Å². The third kappa shape index (κ3) is 3.02. The molecule has 1 aromatic heterocycles. The first-order valence-corrected chi connectivity index (χ1v) is 7.95. The molecule has 0 saturated heterocycles. The van der Waals surface area contributed by atoms with E-state index in [1.54, 1.807) is 18.4 Å². The molecule has 0 amide bonds. The lowest BCUT2D eigenvalue weighted by molar-refractivity contribution is 0.405. The van der Waals surface area contributed by atoms with Gasteiger partial charge in [-0.2, -0.15) is 0 Å². The fourth-order valence-electron chi connectivity index (χ4n) is 2.25. The Balaban J connectivity index is 2.50. The molecular formula is C15H18BrNOS. The topological polar surface area (TPSA) is 21.3 Å². The number of ether oxygens (including phenoxy) is 1. The quantitative estimate of drug-likeness (QED) is 0.872. The number of hydrogen-bond donors (Lipinski definition) is 1. The van der Waals surface area contributed by atoms with Crippen LogP contribution in [0.15, 0.2) is 34.1 Å². The summed E-state index contributed by atoms with van der Waals surface area (Å²) in [6.07, 6.45) is 1.05. The highest BCUT2D eigenvalue weighted by atomic mass is 79.9. The van der Waals surface area contributed by atoms with Gasteiger partial charge in [0.05, 0.1) is 13.2 Å². The Hall–Kier alpha value is -0.840. The van der Waals surface area contributed by atoms with Crippen molar-refractivity contribution in [2.24, 2.45) is 0 Å². The Bertz CT molecular complexity index is 553. The highest BCUT2D eigenvalue weighted by Crippen LogP contribution is 2.36. The van der Waals surface area contributed by atoms with Crippen molar-refractivity contribution in [3.63, 3.8) is 0 Å². The summed E-state index contributed by atoms with van der Waals surface area (Å²) < 4.78 is 6.57. The molecule has 0 fully saturated rings. The van der Waals surface area contributed by atoms with Crippen molar-refractivity contribution in [1.82, 2.24) is 5.32 Å². The van der Waals surface area contributed by atoms with Crippen LogP contribution < -0.4 is 10.1 Å². The van der Waals surface area contributed by atoms with Gasteiger partial charge < -0.3 is 10.1 Å². The van der Waals surface area contributed by atoms with Crippen molar-refractivity contribution >= 4 is 27.3 Å². The van der Waals surface area contributed by atoms with Crippen molar-refractivity contribution in [2.45, 2.75) is 19.4 Å². The Morgan fingerprint density at radius 1 is 1.37 bits per heavy atom. The molecule has 0 spiro atoms. The van der Waals surface area contributed by atoms with Gasteiger partial charge in [-0.15, -0.1) is 11.3 Å². The Morgan fingerprint density at radius 3 is 2.79 bits per heavy atom. The summed E-state index contributed by atoms with van der Waals surface area (Å²) >= 11 is 5.34. The highest BCUT2D eigenvalue weighted by Gasteiger charge is 2.20. The van der Waals surface area contributed by atoms with E-state index in [0.29, 0.717) is 0 Å². The minimum Gasteiger partial charge on any atom is -0.496 e. The van der Waals surface area contributed by atoms with Crippen LogP contribution in [0.2, 0.25) is 0 Å². The van der Waals surface area contributed by atoms with Crippen LogP contribution in [0.4, 0.5) is 0 Å². The van der Waals surface area contributed by atoms with E-state index in [9.17, 15) is 0 Å². The minimum atomic E-state index is 0.169. The molecule has 1 N–H and O–H groups in total. The fourth-order valence-corrected chi connectivity index (χ4v) is 3.75. The maximum absolute atomic E-state index is 5.50. The Morgan fingerprint density at radius 2 is 2.16 bits per heavy atom. The molecule has 2 aromatic rings. The van der Waals surface area contributed by atoms with Gasteiger partial charge in [-0.3, -0.25) is 0 Å². The van der Waals surface area contributed by atoms with Crippen LogP contribution >= 0.6 is 27.3 Å². The molecule has 1 atom stereocenters. The van der Waals surface area contributed by atoms with Crippen LogP contribution in [-0.2, 0) is 6.42 Å². The van der Waals surface area contributed by atoms with Crippen LogP contribution in [-0.4, -0.2) is 14.2 Å². The SMILES string of the molecule is CCc1ccsc1C(NC)c1cc(Br)ccc1OC. The smallest absolute Gasteiger partial charge is 0.124 e. The predicted molar refractivity (Wildman–Crippen MR) is 85.3 cm³/mol. The van der Waals surface area contributed by atoms with Gasteiger partial charge in [-0.1, -0.05) is 22.9 Å². The summed E-state index contributed by atoms with van der Waals surface area (Å²) in [5, 5.41) is 5.56. The molecule has 0 aliphatic rings. The van der Waals surface area contributed by atoms with Gasteiger partial charge in [-0.25, -0.2) is 0 Å². The third-order valence-electron chi connectivity index (χ3n) is 3.22. The molecule has 4 heteroatoms. The van der Waals surface area contributed by atoms with E-state index in [1.165, 1.54) is 10.4 Å². The zero-order valence-electron chi connectivity index (χ0n) is 11.4. The van der Waals surface area contributed by atoms with Gasteiger partial charge in [-0.05, 0) is 48.7 Å². The maximum Gasteiger partial charge on any atom is 0.124 e. The van der Waals surface area contributed by atoms with Crippen LogP contribution in [0.1, 0.15) is 29.0 Å². The van der Waals surface area contributed by atoms with Gasteiger partial charge in [0, 0.05) is 14.9 Å². The average Bonchev–Trinajstić information content (AvgIpc) is 2.88. The zero-order valence-corrected chi connectivity index (χ0v) is 13.8. The van der Waals surface area contributed by atoms with E-state index in [1.807, 2.05) is 19.2 Å². The van der Waals surface area contributed by atoms with Crippen LogP contribution in [0.3, 0.4) is 0 Å². The van der Waals surface area contributed by atoms with Gasteiger partial charge in [0.2, 0.25) is 0 Å². The number of halogens is 1.